The third kappa shape index (κ3) is 8.95. The van der Waals surface area contributed by atoms with Gasteiger partial charge in [-0.3, -0.25) is 4.79 Å². The number of amides is 2. The van der Waals surface area contributed by atoms with Gasteiger partial charge in [0.05, 0.1) is 6.04 Å². The number of hydrogen-bond donors (Lipinski definition) is 3. The number of esters is 1. The van der Waals surface area contributed by atoms with Crippen molar-refractivity contribution >= 4 is 18.0 Å². The second kappa shape index (κ2) is 13.8. The summed E-state index contributed by atoms with van der Waals surface area (Å²) in [6.07, 6.45) is -0.378. The predicted molar refractivity (Wildman–Crippen MR) is 155 cm³/mol. The van der Waals surface area contributed by atoms with E-state index in [1.54, 1.807) is 20.8 Å². The van der Waals surface area contributed by atoms with Crippen LogP contribution in [0.2, 0.25) is 0 Å². The second-order valence-electron chi connectivity index (χ2n) is 10.7. The van der Waals surface area contributed by atoms with Crippen LogP contribution in [-0.2, 0) is 25.7 Å². The van der Waals surface area contributed by atoms with Crippen molar-refractivity contribution in [2.45, 2.75) is 64.3 Å². The van der Waals surface area contributed by atoms with Crippen molar-refractivity contribution in [2.75, 3.05) is 6.54 Å². The van der Waals surface area contributed by atoms with Gasteiger partial charge in [0.15, 0.2) is 5.54 Å². The van der Waals surface area contributed by atoms with E-state index in [0.717, 1.165) is 22.3 Å². The van der Waals surface area contributed by atoms with Gasteiger partial charge >= 0.3 is 12.1 Å². The molecule has 40 heavy (non-hydrogen) atoms. The van der Waals surface area contributed by atoms with E-state index in [1.165, 1.54) is 0 Å². The van der Waals surface area contributed by atoms with Crippen LogP contribution in [0.1, 0.15) is 57.7 Å². The molecule has 4 N–H and O–H groups in total. The lowest BCUT2D eigenvalue weighted by molar-refractivity contribution is -0.165. The normalized spacial score (nSPS) is 13.4. The molecule has 0 aliphatic heterocycles. The first-order valence-corrected chi connectivity index (χ1v) is 13.4. The zero-order valence-electron chi connectivity index (χ0n) is 23.6. The van der Waals surface area contributed by atoms with E-state index in [1.807, 2.05) is 91.9 Å². The van der Waals surface area contributed by atoms with Gasteiger partial charge in [-0.25, -0.2) is 9.59 Å². The largest absolute Gasteiger partial charge is 0.458 e. The number of benzene rings is 3. The number of carbonyl (C=O) groups is 3. The summed E-state index contributed by atoms with van der Waals surface area (Å²) < 4.78 is 10.7. The maximum absolute atomic E-state index is 13.4. The Morgan fingerprint density at radius 2 is 1.43 bits per heavy atom. The van der Waals surface area contributed by atoms with Crippen LogP contribution in [0.3, 0.4) is 0 Å². The molecule has 0 aromatic heterocycles. The van der Waals surface area contributed by atoms with Crippen molar-refractivity contribution in [3.63, 3.8) is 0 Å². The van der Waals surface area contributed by atoms with Crippen molar-refractivity contribution in [2.24, 2.45) is 5.73 Å². The maximum atomic E-state index is 13.4. The Labute approximate surface area is 236 Å². The van der Waals surface area contributed by atoms with Gasteiger partial charge in [-0.2, -0.15) is 0 Å². The third-order valence-corrected chi connectivity index (χ3v) is 6.26. The summed E-state index contributed by atoms with van der Waals surface area (Å²) in [7, 11) is 0. The Kier molecular flexibility index (Phi) is 10.4. The monoisotopic (exact) mass is 545 g/mol. The molecule has 0 aliphatic rings. The molecule has 0 heterocycles. The fourth-order valence-corrected chi connectivity index (χ4v) is 4.01. The van der Waals surface area contributed by atoms with Gasteiger partial charge in [-0.15, -0.1) is 0 Å². The zero-order chi connectivity index (χ0) is 29.2. The summed E-state index contributed by atoms with van der Waals surface area (Å²) in [5, 5.41) is 5.51. The molecule has 0 radical (unpaired) electrons. The van der Waals surface area contributed by atoms with Crippen molar-refractivity contribution in [3.8, 4) is 11.1 Å². The molecule has 3 aromatic rings. The summed E-state index contributed by atoms with van der Waals surface area (Å²) in [6, 6.07) is 26.7. The van der Waals surface area contributed by atoms with Gasteiger partial charge in [0.25, 0.3) is 5.91 Å². The molecule has 3 aromatic carbocycles. The van der Waals surface area contributed by atoms with E-state index in [4.69, 9.17) is 15.2 Å². The molecule has 0 spiro atoms. The van der Waals surface area contributed by atoms with Crippen LogP contribution in [0.5, 0.6) is 0 Å². The smallest absolute Gasteiger partial charge is 0.407 e. The molecule has 0 saturated carbocycles. The van der Waals surface area contributed by atoms with Crippen LogP contribution in [-0.4, -0.2) is 35.7 Å². The molecule has 2 amide bonds. The zero-order valence-corrected chi connectivity index (χ0v) is 23.6. The van der Waals surface area contributed by atoms with Crippen LogP contribution in [0.4, 0.5) is 4.79 Å². The van der Waals surface area contributed by atoms with Crippen molar-refractivity contribution in [3.05, 3.63) is 96.1 Å². The highest BCUT2D eigenvalue weighted by Gasteiger charge is 2.45. The summed E-state index contributed by atoms with van der Waals surface area (Å²) in [5.41, 5.74) is 7.54. The highest BCUT2D eigenvalue weighted by Crippen LogP contribution is 2.23. The van der Waals surface area contributed by atoms with Crippen LogP contribution in [0.15, 0.2) is 84.9 Å². The summed E-state index contributed by atoms with van der Waals surface area (Å²) in [5.74, 6) is -1.47. The van der Waals surface area contributed by atoms with Crippen molar-refractivity contribution in [1.29, 1.82) is 0 Å². The lowest BCUT2D eigenvalue weighted by atomic mass is 9.92. The minimum Gasteiger partial charge on any atom is -0.458 e. The number of carbonyl (C=O) groups excluding carboxylic acids is 3. The number of alkyl carbamates (subject to hydrolysis) is 1. The number of hydrogen-bond acceptors (Lipinski definition) is 6. The lowest BCUT2D eigenvalue weighted by Gasteiger charge is -2.31. The van der Waals surface area contributed by atoms with Crippen LogP contribution < -0.4 is 16.4 Å². The first kappa shape index (κ1) is 30.4. The fraction of sp³-hybridized carbons (Fsp3) is 0.344. The topological polar surface area (TPSA) is 120 Å². The molecular formula is C32H39N3O5. The first-order chi connectivity index (χ1) is 19.0. The van der Waals surface area contributed by atoms with E-state index >= 15 is 0 Å². The molecule has 0 bridgehead atoms. The molecule has 0 unspecified atom stereocenters. The average Bonchev–Trinajstić information content (AvgIpc) is 2.94. The van der Waals surface area contributed by atoms with E-state index in [9.17, 15) is 14.4 Å². The molecule has 0 saturated heterocycles. The van der Waals surface area contributed by atoms with E-state index < -0.39 is 35.2 Å². The van der Waals surface area contributed by atoms with Crippen molar-refractivity contribution in [1.82, 2.24) is 10.6 Å². The Balaban J connectivity index is 1.60. The Bertz CT molecular complexity index is 1260. The van der Waals surface area contributed by atoms with Crippen LogP contribution >= 0.6 is 0 Å². The summed E-state index contributed by atoms with van der Waals surface area (Å²) >= 11 is 0. The predicted octanol–water partition coefficient (Wildman–Crippen LogP) is 5.28. The maximum Gasteiger partial charge on any atom is 0.407 e. The Hall–Kier alpha value is -4.17. The van der Waals surface area contributed by atoms with Gasteiger partial charge < -0.3 is 25.8 Å². The fourth-order valence-electron chi connectivity index (χ4n) is 4.01. The van der Waals surface area contributed by atoms with Gasteiger partial charge in [0, 0.05) is 6.54 Å². The summed E-state index contributed by atoms with van der Waals surface area (Å²) in [4.78, 5) is 38.6. The standard InChI is InChI=1S/C32H39N3O5/c1-23(25-16-18-27(19-17-25)26-14-9-6-10-15-26)35-28(36)32(33,29(37)40-31(2,3)4)20-11-21-34-30(38)39-22-24-12-7-5-8-13-24/h5-10,12-19,23H,11,20-22,33H2,1-4H3,(H,34,38)(H,35,36)/t23-,32+/m0/s1. The number of nitrogens with one attached hydrogen (secondary N) is 2. The summed E-state index contributed by atoms with van der Waals surface area (Å²) in [6.45, 7) is 7.27. The van der Waals surface area contributed by atoms with Crippen LogP contribution in [0, 0.1) is 0 Å². The SMILES string of the molecule is C[C@H](NC(=O)[C@](N)(CCCNC(=O)OCc1ccccc1)C(=O)OC(C)(C)C)c1ccc(-c2ccccc2)cc1. The van der Waals surface area contributed by atoms with E-state index in [-0.39, 0.29) is 26.0 Å². The first-order valence-electron chi connectivity index (χ1n) is 13.4. The van der Waals surface area contributed by atoms with Gasteiger partial charge in [0.2, 0.25) is 0 Å². The Morgan fingerprint density at radius 3 is 2.02 bits per heavy atom. The number of nitrogens with two attached hydrogens (primary N) is 1. The highest BCUT2D eigenvalue weighted by atomic mass is 16.6. The van der Waals surface area contributed by atoms with E-state index in [0.29, 0.717) is 0 Å². The number of rotatable bonds is 11. The quantitative estimate of drug-likeness (QED) is 0.171. The molecule has 2 atom stereocenters. The molecule has 0 aliphatic carbocycles. The van der Waals surface area contributed by atoms with Gasteiger partial charge in [-0.05, 0) is 62.8 Å². The van der Waals surface area contributed by atoms with Gasteiger partial charge in [0.1, 0.15) is 12.2 Å². The van der Waals surface area contributed by atoms with Gasteiger partial charge in [-0.1, -0.05) is 84.9 Å². The van der Waals surface area contributed by atoms with Crippen LogP contribution in [0.25, 0.3) is 11.1 Å². The number of ether oxygens (including phenoxy) is 2. The molecule has 212 valence electrons. The Morgan fingerprint density at radius 1 is 0.850 bits per heavy atom. The second-order valence-corrected chi connectivity index (χ2v) is 10.7. The molecule has 3 rings (SSSR count). The molecule has 8 nitrogen and oxygen atoms in total. The molecular weight excluding hydrogens is 506 g/mol. The van der Waals surface area contributed by atoms with E-state index in [2.05, 4.69) is 10.6 Å². The third-order valence-electron chi connectivity index (χ3n) is 6.26. The average molecular weight is 546 g/mol. The lowest BCUT2D eigenvalue weighted by Crippen LogP contribution is -2.61. The molecule has 8 heteroatoms. The van der Waals surface area contributed by atoms with Crippen molar-refractivity contribution < 1.29 is 23.9 Å². The minimum absolute atomic E-state index is 0.0353. The molecule has 0 fully saturated rings. The highest BCUT2D eigenvalue weighted by molar-refractivity contribution is 6.07. The minimum atomic E-state index is -1.94.